The average molecular weight is 290 g/mol. The van der Waals surface area contributed by atoms with E-state index in [1.54, 1.807) is 11.3 Å². The van der Waals surface area contributed by atoms with Crippen molar-refractivity contribution in [2.24, 2.45) is 5.73 Å². The van der Waals surface area contributed by atoms with E-state index in [0.717, 1.165) is 6.42 Å². The number of halogens is 1. The topological polar surface area (TPSA) is 26.0 Å². The van der Waals surface area contributed by atoms with Crippen LogP contribution in [0.2, 0.25) is 0 Å². The molecule has 0 saturated carbocycles. The summed E-state index contributed by atoms with van der Waals surface area (Å²) in [7, 11) is 0. The minimum atomic E-state index is 0.226. The van der Waals surface area contributed by atoms with E-state index in [4.69, 9.17) is 5.73 Å². The fourth-order valence-corrected chi connectivity index (χ4v) is 3.55. The second kappa shape index (κ2) is 6.66. The third-order valence-corrected chi connectivity index (χ3v) is 4.26. The lowest BCUT2D eigenvalue weighted by atomic mass is 10.0. The van der Waals surface area contributed by atoms with Gasteiger partial charge in [0.05, 0.1) is 3.79 Å². The maximum Gasteiger partial charge on any atom is 0.0704 e. The first-order valence-corrected chi connectivity index (χ1v) is 7.27. The molecule has 1 rings (SSSR count). The first kappa shape index (κ1) is 13.2. The summed E-state index contributed by atoms with van der Waals surface area (Å²) < 4.78 is 1.19. The van der Waals surface area contributed by atoms with Gasteiger partial charge in [0.15, 0.2) is 0 Å². The van der Waals surface area contributed by atoms with Crippen molar-refractivity contribution in [1.29, 1.82) is 0 Å². The van der Waals surface area contributed by atoms with Crippen molar-refractivity contribution in [3.05, 3.63) is 20.3 Å². The van der Waals surface area contributed by atoms with Crippen molar-refractivity contribution >= 4 is 27.3 Å². The Morgan fingerprint density at radius 1 is 1.40 bits per heavy atom. The first-order valence-electron chi connectivity index (χ1n) is 5.66. The molecule has 1 heterocycles. The zero-order valence-electron chi connectivity index (χ0n) is 9.55. The molecule has 0 fully saturated rings. The summed E-state index contributed by atoms with van der Waals surface area (Å²) in [6.45, 7) is 4.39. The van der Waals surface area contributed by atoms with Crippen LogP contribution in [0.4, 0.5) is 0 Å². The van der Waals surface area contributed by atoms with Gasteiger partial charge in [0, 0.05) is 10.9 Å². The van der Waals surface area contributed by atoms with Gasteiger partial charge < -0.3 is 5.73 Å². The number of nitrogens with two attached hydrogens (primary N) is 1. The smallest absolute Gasteiger partial charge is 0.0704 e. The molecule has 0 aliphatic rings. The highest BCUT2D eigenvalue weighted by Gasteiger charge is 2.11. The van der Waals surface area contributed by atoms with E-state index in [0.29, 0.717) is 0 Å². The van der Waals surface area contributed by atoms with Gasteiger partial charge >= 0.3 is 0 Å². The summed E-state index contributed by atoms with van der Waals surface area (Å²) in [4.78, 5) is 1.35. The van der Waals surface area contributed by atoms with Gasteiger partial charge in [-0.25, -0.2) is 0 Å². The number of hydrogen-bond donors (Lipinski definition) is 1. The number of thiophene rings is 1. The van der Waals surface area contributed by atoms with Gasteiger partial charge in [0.2, 0.25) is 0 Å². The molecule has 1 unspecified atom stereocenters. The minimum absolute atomic E-state index is 0.226. The molecule has 2 N–H and O–H groups in total. The van der Waals surface area contributed by atoms with Gasteiger partial charge in [-0.2, -0.15) is 0 Å². The van der Waals surface area contributed by atoms with E-state index in [-0.39, 0.29) is 6.04 Å². The van der Waals surface area contributed by atoms with Gasteiger partial charge in [-0.3, -0.25) is 0 Å². The van der Waals surface area contributed by atoms with Crippen LogP contribution in [0.25, 0.3) is 0 Å². The molecule has 0 amide bonds. The predicted octanol–water partition coefficient (Wildman–Crippen LogP) is 4.79. The van der Waals surface area contributed by atoms with E-state index in [1.807, 2.05) is 0 Å². The summed E-state index contributed by atoms with van der Waals surface area (Å²) in [5, 5.41) is 0. The fraction of sp³-hybridized carbons (Fsp3) is 0.667. The second-order valence-electron chi connectivity index (χ2n) is 4.02. The van der Waals surface area contributed by atoms with Gasteiger partial charge in [0.1, 0.15) is 0 Å². The Labute approximate surface area is 105 Å². The Hall–Kier alpha value is 0.140. The zero-order valence-corrected chi connectivity index (χ0v) is 12.0. The van der Waals surface area contributed by atoms with Crippen LogP contribution in [0.1, 0.15) is 55.5 Å². The molecular formula is C12H20BrNS. The third kappa shape index (κ3) is 4.25. The lowest BCUT2D eigenvalue weighted by Gasteiger charge is -2.10. The highest BCUT2D eigenvalue weighted by Crippen LogP contribution is 2.31. The van der Waals surface area contributed by atoms with Crippen LogP contribution in [-0.4, -0.2) is 0 Å². The second-order valence-corrected chi connectivity index (χ2v) is 6.65. The normalized spacial score (nSPS) is 13.1. The van der Waals surface area contributed by atoms with Crippen LogP contribution in [0.5, 0.6) is 0 Å². The number of rotatable bonds is 6. The maximum absolute atomic E-state index is 6.18. The molecular weight excluding hydrogens is 270 g/mol. The standard InChI is InChI=1S/C12H20BrNS/c1-3-4-5-6-7-11(14)10-8-12(13)15-9(10)2/h8,11H,3-7,14H2,1-2H3. The van der Waals surface area contributed by atoms with Gasteiger partial charge in [-0.1, -0.05) is 32.6 Å². The molecule has 0 radical (unpaired) electrons. The van der Waals surface area contributed by atoms with Crippen LogP contribution in [0.3, 0.4) is 0 Å². The van der Waals surface area contributed by atoms with E-state index < -0.39 is 0 Å². The quantitative estimate of drug-likeness (QED) is 0.749. The summed E-state index contributed by atoms with van der Waals surface area (Å²) in [5.74, 6) is 0. The number of aryl methyl sites for hydroxylation is 1. The SMILES string of the molecule is CCCCCCC(N)c1cc(Br)sc1C. The third-order valence-electron chi connectivity index (χ3n) is 2.69. The average Bonchev–Trinajstić information content (AvgIpc) is 2.52. The first-order chi connectivity index (χ1) is 7.15. The molecule has 1 aromatic heterocycles. The molecule has 0 bridgehead atoms. The van der Waals surface area contributed by atoms with Gasteiger partial charge in [-0.05, 0) is 40.9 Å². The Bertz CT molecular complexity index is 296. The minimum Gasteiger partial charge on any atom is -0.324 e. The molecule has 3 heteroatoms. The molecule has 0 aliphatic carbocycles. The highest BCUT2D eigenvalue weighted by atomic mass is 79.9. The number of unbranched alkanes of at least 4 members (excludes halogenated alkanes) is 3. The van der Waals surface area contributed by atoms with Crippen LogP contribution < -0.4 is 5.73 Å². The lowest BCUT2D eigenvalue weighted by molar-refractivity contribution is 0.565. The predicted molar refractivity (Wildman–Crippen MR) is 72.4 cm³/mol. The van der Waals surface area contributed by atoms with Crippen molar-refractivity contribution < 1.29 is 0 Å². The van der Waals surface area contributed by atoms with Crippen LogP contribution in [-0.2, 0) is 0 Å². The van der Waals surface area contributed by atoms with E-state index in [9.17, 15) is 0 Å². The molecule has 0 aromatic carbocycles. The molecule has 0 aliphatic heterocycles. The number of hydrogen-bond acceptors (Lipinski definition) is 2. The van der Waals surface area contributed by atoms with Crippen molar-refractivity contribution in [1.82, 2.24) is 0 Å². The molecule has 1 nitrogen and oxygen atoms in total. The van der Waals surface area contributed by atoms with Gasteiger partial charge in [-0.15, -0.1) is 11.3 Å². The monoisotopic (exact) mass is 289 g/mol. The summed E-state index contributed by atoms with van der Waals surface area (Å²) >= 11 is 5.29. The highest BCUT2D eigenvalue weighted by molar-refractivity contribution is 9.11. The Morgan fingerprint density at radius 3 is 2.67 bits per heavy atom. The molecule has 0 saturated heterocycles. The Balaban J connectivity index is 2.39. The van der Waals surface area contributed by atoms with Crippen molar-refractivity contribution in [2.75, 3.05) is 0 Å². The molecule has 1 atom stereocenters. The van der Waals surface area contributed by atoms with Crippen LogP contribution in [0, 0.1) is 6.92 Å². The van der Waals surface area contributed by atoms with E-state index >= 15 is 0 Å². The van der Waals surface area contributed by atoms with Crippen molar-refractivity contribution in [3.8, 4) is 0 Å². The van der Waals surface area contributed by atoms with Crippen molar-refractivity contribution in [3.63, 3.8) is 0 Å². The Kier molecular flexibility index (Phi) is 5.87. The van der Waals surface area contributed by atoms with Crippen LogP contribution >= 0.6 is 27.3 Å². The fourth-order valence-electron chi connectivity index (χ4n) is 1.77. The maximum atomic E-state index is 6.18. The molecule has 1 aromatic rings. The van der Waals surface area contributed by atoms with Gasteiger partial charge in [0.25, 0.3) is 0 Å². The van der Waals surface area contributed by atoms with Crippen LogP contribution in [0.15, 0.2) is 9.85 Å². The molecule has 15 heavy (non-hydrogen) atoms. The Morgan fingerprint density at radius 2 is 2.13 bits per heavy atom. The lowest BCUT2D eigenvalue weighted by Crippen LogP contribution is -2.10. The summed E-state index contributed by atoms with van der Waals surface area (Å²) in [6, 6.07) is 2.40. The largest absolute Gasteiger partial charge is 0.324 e. The summed E-state index contributed by atoms with van der Waals surface area (Å²) in [6.07, 6.45) is 6.30. The molecule has 86 valence electrons. The summed E-state index contributed by atoms with van der Waals surface area (Å²) in [5.41, 5.74) is 7.50. The zero-order chi connectivity index (χ0) is 11.3. The molecule has 0 spiro atoms. The van der Waals surface area contributed by atoms with E-state index in [1.165, 1.54) is 39.9 Å². The van der Waals surface area contributed by atoms with Crippen molar-refractivity contribution in [2.45, 2.75) is 52.0 Å². The van der Waals surface area contributed by atoms with E-state index in [2.05, 4.69) is 35.8 Å².